The number of aromatic nitrogens is 2. The number of likely N-dealkylation sites (N-methyl/N-ethyl adjacent to an activating group) is 1. The number of halogens is 3. The average molecular weight is 507 g/mol. The van der Waals surface area contributed by atoms with Crippen molar-refractivity contribution in [3.8, 4) is 10.6 Å². The van der Waals surface area contributed by atoms with E-state index in [4.69, 9.17) is 4.74 Å². The van der Waals surface area contributed by atoms with Gasteiger partial charge >= 0.3 is 6.18 Å². The van der Waals surface area contributed by atoms with E-state index in [0.29, 0.717) is 18.1 Å². The van der Waals surface area contributed by atoms with E-state index in [2.05, 4.69) is 46.3 Å². The Kier molecular flexibility index (Phi) is 6.58. The summed E-state index contributed by atoms with van der Waals surface area (Å²) in [4.78, 5) is 13.1. The van der Waals surface area contributed by atoms with Gasteiger partial charge in [0.25, 0.3) is 0 Å². The van der Waals surface area contributed by atoms with E-state index in [9.17, 15) is 13.2 Å². The van der Waals surface area contributed by atoms with E-state index in [1.807, 2.05) is 0 Å². The van der Waals surface area contributed by atoms with Crippen molar-refractivity contribution >= 4 is 34.7 Å². The van der Waals surface area contributed by atoms with Crippen LogP contribution in [0.4, 0.5) is 24.8 Å². The van der Waals surface area contributed by atoms with Crippen LogP contribution in [0, 0.1) is 0 Å². The number of alkyl halides is 3. The lowest BCUT2D eigenvalue weighted by atomic mass is 9.95. The summed E-state index contributed by atoms with van der Waals surface area (Å²) in [6, 6.07) is 6.09. The number of nitrogens with one attached hydrogen (secondary N) is 1. The highest BCUT2D eigenvalue weighted by Crippen LogP contribution is 2.43. The zero-order valence-electron chi connectivity index (χ0n) is 19.0. The molecular formula is C24H25F3N4OS2. The van der Waals surface area contributed by atoms with Crippen LogP contribution in [0.1, 0.15) is 34.1 Å². The molecule has 0 amide bonds. The third-order valence-electron chi connectivity index (χ3n) is 6.07. The van der Waals surface area contributed by atoms with Gasteiger partial charge in [-0.05, 0) is 48.7 Å². The standard InChI is InChI=1S/C24H25F3N4OS2/c1-3-14-8-16-12-31(2)5-4-15(16)9-18(14)29-23-28-11-17(24(25,26)27)22(30-23)20-10-19-21(34-20)13-32-6-7-33-19/h8-11H,3-7,12-13H2,1-2H3,(H,28,29,30). The van der Waals surface area contributed by atoms with Crippen molar-refractivity contribution in [1.29, 1.82) is 0 Å². The summed E-state index contributed by atoms with van der Waals surface area (Å²) in [6.07, 6.45) is -1.94. The molecule has 1 aromatic carbocycles. The van der Waals surface area contributed by atoms with E-state index >= 15 is 0 Å². The quantitative estimate of drug-likeness (QED) is 0.459. The second kappa shape index (κ2) is 9.49. The fourth-order valence-electron chi connectivity index (χ4n) is 4.30. The third-order valence-corrected chi connectivity index (χ3v) is 8.36. The minimum Gasteiger partial charge on any atom is -0.375 e. The van der Waals surface area contributed by atoms with Crippen molar-refractivity contribution in [3.05, 3.63) is 51.5 Å². The highest BCUT2D eigenvalue weighted by atomic mass is 32.2. The number of hydrogen-bond acceptors (Lipinski definition) is 7. The van der Waals surface area contributed by atoms with Crippen LogP contribution in [0.25, 0.3) is 10.6 Å². The van der Waals surface area contributed by atoms with Gasteiger partial charge in [0.05, 0.1) is 23.8 Å². The summed E-state index contributed by atoms with van der Waals surface area (Å²) in [5.41, 5.74) is 3.57. The molecule has 180 valence electrons. The molecule has 0 radical (unpaired) electrons. The number of aryl methyl sites for hydroxylation is 1. The van der Waals surface area contributed by atoms with Crippen LogP contribution in [0.15, 0.2) is 29.3 Å². The summed E-state index contributed by atoms with van der Waals surface area (Å²) in [5.74, 6) is 0.942. The molecule has 2 aliphatic rings. The van der Waals surface area contributed by atoms with E-state index < -0.39 is 11.7 Å². The first-order chi connectivity index (χ1) is 16.3. The highest BCUT2D eigenvalue weighted by molar-refractivity contribution is 7.99. The van der Waals surface area contributed by atoms with E-state index in [1.54, 1.807) is 17.8 Å². The number of thioether (sulfide) groups is 1. The minimum atomic E-state index is -4.55. The van der Waals surface area contributed by atoms with Crippen LogP contribution in [0.2, 0.25) is 0 Å². The number of ether oxygens (including phenoxy) is 1. The van der Waals surface area contributed by atoms with Crippen molar-refractivity contribution in [3.63, 3.8) is 0 Å². The van der Waals surface area contributed by atoms with Crippen molar-refractivity contribution < 1.29 is 17.9 Å². The molecule has 2 aliphatic heterocycles. The molecule has 0 bridgehead atoms. The predicted octanol–water partition coefficient (Wildman–Crippen LogP) is 6.14. The average Bonchev–Trinajstić information content (AvgIpc) is 3.08. The molecule has 10 heteroatoms. The summed E-state index contributed by atoms with van der Waals surface area (Å²) < 4.78 is 47.1. The number of anilines is 2. The summed E-state index contributed by atoms with van der Waals surface area (Å²) in [5, 5.41) is 3.22. The molecule has 5 nitrogen and oxygen atoms in total. The molecule has 0 unspecified atom stereocenters. The number of fused-ring (bicyclic) bond motifs is 2. The van der Waals surface area contributed by atoms with Crippen LogP contribution >= 0.6 is 23.1 Å². The predicted molar refractivity (Wildman–Crippen MR) is 130 cm³/mol. The maximum atomic E-state index is 13.9. The molecule has 0 saturated carbocycles. The van der Waals surface area contributed by atoms with E-state index in [-0.39, 0.29) is 11.6 Å². The fourth-order valence-corrected chi connectivity index (χ4v) is 6.51. The minimum absolute atomic E-state index is 0.0960. The van der Waals surface area contributed by atoms with Crippen molar-refractivity contribution in [2.45, 2.75) is 44.0 Å². The Hall–Kier alpha value is -2.14. The number of benzene rings is 1. The molecule has 1 N–H and O–H groups in total. The number of nitrogens with zero attached hydrogens (tertiary/aromatic N) is 3. The Balaban J connectivity index is 1.53. The van der Waals surface area contributed by atoms with Gasteiger partial charge in [0.15, 0.2) is 0 Å². The van der Waals surface area contributed by atoms with Gasteiger partial charge in [-0.1, -0.05) is 13.0 Å². The molecule has 4 heterocycles. The Morgan fingerprint density at radius 2 is 2.06 bits per heavy atom. The lowest BCUT2D eigenvalue weighted by Gasteiger charge is -2.26. The van der Waals surface area contributed by atoms with Gasteiger partial charge in [-0.2, -0.15) is 13.2 Å². The van der Waals surface area contributed by atoms with Gasteiger partial charge in [-0.25, -0.2) is 9.97 Å². The second-order valence-electron chi connectivity index (χ2n) is 8.50. The molecule has 2 aromatic heterocycles. The molecule has 0 spiro atoms. The smallest absolute Gasteiger partial charge is 0.375 e. The first-order valence-electron chi connectivity index (χ1n) is 11.2. The van der Waals surface area contributed by atoms with Crippen LogP contribution in [-0.2, 0) is 36.9 Å². The van der Waals surface area contributed by atoms with Gasteiger partial charge in [0.2, 0.25) is 5.95 Å². The molecule has 34 heavy (non-hydrogen) atoms. The zero-order chi connectivity index (χ0) is 23.9. The van der Waals surface area contributed by atoms with Gasteiger partial charge < -0.3 is 15.0 Å². The normalized spacial score (nSPS) is 16.6. The van der Waals surface area contributed by atoms with E-state index in [1.165, 1.54) is 22.5 Å². The van der Waals surface area contributed by atoms with Crippen LogP contribution in [-0.4, -0.2) is 40.8 Å². The number of rotatable bonds is 4. The Labute approximate surface area is 204 Å². The van der Waals surface area contributed by atoms with Crippen molar-refractivity contribution in [1.82, 2.24) is 14.9 Å². The summed E-state index contributed by atoms with van der Waals surface area (Å²) in [6.45, 7) is 4.98. The van der Waals surface area contributed by atoms with Gasteiger partial charge in [-0.3, -0.25) is 0 Å². The van der Waals surface area contributed by atoms with Crippen LogP contribution in [0.3, 0.4) is 0 Å². The fraction of sp³-hybridized carbons (Fsp3) is 0.417. The summed E-state index contributed by atoms with van der Waals surface area (Å²) in [7, 11) is 2.10. The SMILES string of the molecule is CCc1cc2c(cc1Nc1ncc(C(F)(F)F)c(-c3cc4c(s3)COCCS4)n1)CCN(C)C2. The maximum absolute atomic E-state index is 13.9. The first kappa shape index (κ1) is 23.6. The van der Waals surface area contributed by atoms with Gasteiger partial charge in [-0.15, -0.1) is 23.1 Å². The molecule has 0 saturated heterocycles. The monoisotopic (exact) mass is 506 g/mol. The Morgan fingerprint density at radius 1 is 1.21 bits per heavy atom. The first-order valence-corrected chi connectivity index (χ1v) is 13.0. The molecular weight excluding hydrogens is 481 g/mol. The highest BCUT2D eigenvalue weighted by Gasteiger charge is 2.36. The maximum Gasteiger partial charge on any atom is 0.420 e. The second-order valence-corrected chi connectivity index (χ2v) is 10.8. The van der Waals surface area contributed by atoms with Crippen molar-refractivity contribution in [2.75, 3.05) is 31.3 Å². The van der Waals surface area contributed by atoms with E-state index in [0.717, 1.165) is 58.9 Å². The Bertz CT molecular complexity index is 1190. The zero-order valence-corrected chi connectivity index (χ0v) is 20.6. The Morgan fingerprint density at radius 3 is 2.85 bits per heavy atom. The number of thiophene rings is 1. The topological polar surface area (TPSA) is 50.3 Å². The molecule has 3 aromatic rings. The lowest BCUT2D eigenvalue weighted by Crippen LogP contribution is -2.26. The van der Waals surface area contributed by atoms with Crippen LogP contribution < -0.4 is 5.32 Å². The van der Waals surface area contributed by atoms with Gasteiger partial charge in [0.1, 0.15) is 5.56 Å². The van der Waals surface area contributed by atoms with Gasteiger partial charge in [0, 0.05) is 40.5 Å². The summed E-state index contributed by atoms with van der Waals surface area (Å²) >= 11 is 2.91. The lowest BCUT2D eigenvalue weighted by molar-refractivity contribution is -0.137. The molecule has 5 rings (SSSR count). The third kappa shape index (κ3) is 4.82. The molecule has 0 aliphatic carbocycles. The molecule has 0 atom stereocenters. The molecule has 0 fully saturated rings. The largest absolute Gasteiger partial charge is 0.420 e. The number of hydrogen-bond donors (Lipinski definition) is 1. The van der Waals surface area contributed by atoms with Crippen LogP contribution in [0.5, 0.6) is 0 Å². The van der Waals surface area contributed by atoms with Crippen molar-refractivity contribution in [2.24, 2.45) is 0 Å².